The number of likely N-dealkylation sites (N-methyl/N-ethyl adjacent to an activating group) is 1. The number of amides is 1. The van der Waals surface area contributed by atoms with Gasteiger partial charge in [-0.25, -0.2) is 0 Å². The molecule has 2 aromatic rings. The third-order valence-corrected chi connectivity index (χ3v) is 5.12. The Morgan fingerprint density at radius 2 is 2.21 bits per heavy atom. The maximum absolute atomic E-state index is 12.7. The van der Waals surface area contributed by atoms with Crippen LogP contribution in [0.1, 0.15) is 37.3 Å². The van der Waals surface area contributed by atoms with Crippen molar-refractivity contribution in [1.82, 2.24) is 4.90 Å². The molecule has 5 heteroatoms. The molecule has 0 radical (unpaired) electrons. The van der Waals surface area contributed by atoms with Crippen LogP contribution < -0.4 is 0 Å². The van der Waals surface area contributed by atoms with Gasteiger partial charge in [0.15, 0.2) is 0 Å². The zero-order chi connectivity index (χ0) is 17.1. The molecule has 1 aliphatic rings. The van der Waals surface area contributed by atoms with Gasteiger partial charge in [0.25, 0.3) is 0 Å². The van der Waals surface area contributed by atoms with Gasteiger partial charge in [-0.3, -0.25) is 4.79 Å². The molecule has 0 bridgehead atoms. The van der Waals surface area contributed by atoms with Crippen LogP contribution in [0.4, 0.5) is 0 Å². The van der Waals surface area contributed by atoms with Gasteiger partial charge in [-0.05, 0) is 50.8 Å². The zero-order valence-corrected chi connectivity index (χ0v) is 15.1. The summed E-state index contributed by atoms with van der Waals surface area (Å²) in [5.74, 6) is 0.103. The van der Waals surface area contributed by atoms with Crippen molar-refractivity contribution < 1.29 is 13.9 Å². The molecule has 3 rings (SSSR count). The van der Waals surface area contributed by atoms with Crippen LogP contribution in [0.5, 0.6) is 0 Å². The number of furan rings is 1. The molecule has 1 saturated heterocycles. The van der Waals surface area contributed by atoms with Crippen molar-refractivity contribution in [2.45, 2.75) is 45.6 Å². The molecule has 2 heterocycles. The molecule has 0 N–H and O–H groups in total. The number of fused-ring (bicyclic) bond motifs is 1. The SMILES string of the molecule is CCN(CC1CCCCO1)C(=O)Cc1coc2cc(C)c(Cl)cc12. The van der Waals surface area contributed by atoms with E-state index in [0.717, 1.165) is 41.5 Å². The van der Waals surface area contributed by atoms with Gasteiger partial charge in [-0.1, -0.05) is 11.6 Å². The van der Waals surface area contributed by atoms with Crippen LogP contribution in [0.25, 0.3) is 11.0 Å². The van der Waals surface area contributed by atoms with Gasteiger partial charge >= 0.3 is 0 Å². The molecule has 1 atom stereocenters. The fourth-order valence-corrected chi connectivity index (χ4v) is 3.38. The fourth-order valence-electron chi connectivity index (χ4n) is 3.22. The number of hydrogen-bond acceptors (Lipinski definition) is 3. The number of benzene rings is 1. The molecule has 0 spiro atoms. The Bertz CT molecular complexity index is 719. The Labute approximate surface area is 147 Å². The summed E-state index contributed by atoms with van der Waals surface area (Å²) < 4.78 is 11.4. The van der Waals surface area contributed by atoms with Gasteiger partial charge in [0, 0.05) is 35.7 Å². The molecular formula is C19H24ClNO3. The Morgan fingerprint density at radius 1 is 1.38 bits per heavy atom. The summed E-state index contributed by atoms with van der Waals surface area (Å²) in [5.41, 5.74) is 2.64. The van der Waals surface area contributed by atoms with Gasteiger partial charge < -0.3 is 14.1 Å². The van der Waals surface area contributed by atoms with Crippen molar-refractivity contribution in [2.75, 3.05) is 19.7 Å². The predicted octanol–water partition coefficient (Wildman–Crippen LogP) is 4.35. The highest BCUT2D eigenvalue weighted by atomic mass is 35.5. The molecule has 1 unspecified atom stereocenters. The second-order valence-corrected chi connectivity index (χ2v) is 6.86. The number of carbonyl (C=O) groups is 1. The Morgan fingerprint density at radius 3 is 2.92 bits per heavy atom. The lowest BCUT2D eigenvalue weighted by atomic mass is 10.1. The highest BCUT2D eigenvalue weighted by Crippen LogP contribution is 2.28. The fraction of sp³-hybridized carbons (Fsp3) is 0.526. The second-order valence-electron chi connectivity index (χ2n) is 6.46. The molecule has 130 valence electrons. The average Bonchev–Trinajstić information content (AvgIpc) is 2.95. The maximum Gasteiger partial charge on any atom is 0.227 e. The molecule has 1 amide bonds. The quantitative estimate of drug-likeness (QED) is 0.805. The molecule has 0 aliphatic carbocycles. The molecule has 1 aromatic heterocycles. The minimum atomic E-state index is 0.103. The summed E-state index contributed by atoms with van der Waals surface area (Å²) in [6.07, 6.45) is 5.50. The number of halogens is 1. The van der Waals surface area contributed by atoms with E-state index in [1.54, 1.807) is 6.26 Å². The molecule has 4 nitrogen and oxygen atoms in total. The van der Waals surface area contributed by atoms with Crippen LogP contribution in [-0.4, -0.2) is 36.6 Å². The highest BCUT2D eigenvalue weighted by Gasteiger charge is 2.21. The predicted molar refractivity (Wildman–Crippen MR) is 95.5 cm³/mol. The lowest BCUT2D eigenvalue weighted by Crippen LogP contribution is -2.40. The second kappa shape index (κ2) is 7.58. The van der Waals surface area contributed by atoms with Gasteiger partial charge in [0.1, 0.15) is 5.58 Å². The number of nitrogens with zero attached hydrogens (tertiary/aromatic N) is 1. The van der Waals surface area contributed by atoms with Crippen LogP contribution in [-0.2, 0) is 16.0 Å². The van der Waals surface area contributed by atoms with Gasteiger partial charge in [0.2, 0.25) is 5.91 Å². The summed E-state index contributed by atoms with van der Waals surface area (Å²) >= 11 is 6.22. The first kappa shape index (κ1) is 17.3. The van der Waals surface area contributed by atoms with E-state index in [-0.39, 0.29) is 12.0 Å². The molecule has 24 heavy (non-hydrogen) atoms. The molecule has 1 aliphatic heterocycles. The van der Waals surface area contributed by atoms with Crippen LogP contribution in [0.3, 0.4) is 0 Å². The van der Waals surface area contributed by atoms with Crippen molar-refractivity contribution in [3.05, 3.63) is 34.5 Å². The number of ether oxygens (including phenoxy) is 1. The molecule has 1 fully saturated rings. The average molecular weight is 350 g/mol. The van der Waals surface area contributed by atoms with Crippen LogP contribution >= 0.6 is 11.6 Å². The minimum Gasteiger partial charge on any atom is -0.464 e. The lowest BCUT2D eigenvalue weighted by molar-refractivity contribution is -0.132. The molecule has 0 saturated carbocycles. The number of rotatable bonds is 5. The first-order valence-electron chi connectivity index (χ1n) is 8.64. The van der Waals surface area contributed by atoms with Crippen LogP contribution in [0, 0.1) is 6.92 Å². The monoisotopic (exact) mass is 349 g/mol. The van der Waals surface area contributed by atoms with Crippen LogP contribution in [0.2, 0.25) is 5.02 Å². The third-order valence-electron chi connectivity index (χ3n) is 4.71. The zero-order valence-electron chi connectivity index (χ0n) is 14.3. The Hall–Kier alpha value is -1.52. The Kier molecular flexibility index (Phi) is 5.47. The van der Waals surface area contributed by atoms with Gasteiger partial charge in [0.05, 0.1) is 18.8 Å². The van der Waals surface area contributed by atoms with E-state index in [4.69, 9.17) is 20.8 Å². The highest BCUT2D eigenvalue weighted by molar-refractivity contribution is 6.32. The van der Waals surface area contributed by atoms with Crippen molar-refractivity contribution in [1.29, 1.82) is 0 Å². The Balaban J connectivity index is 1.71. The van der Waals surface area contributed by atoms with Gasteiger partial charge in [-0.2, -0.15) is 0 Å². The summed E-state index contributed by atoms with van der Waals surface area (Å²) in [6, 6.07) is 3.80. The smallest absolute Gasteiger partial charge is 0.227 e. The number of aryl methyl sites for hydroxylation is 1. The van der Waals surface area contributed by atoms with E-state index in [1.165, 1.54) is 6.42 Å². The molecular weight excluding hydrogens is 326 g/mol. The number of hydrogen-bond donors (Lipinski definition) is 0. The van der Waals surface area contributed by atoms with Crippen molar-refractivity contribution in [2.24, 2.45) is 0 Å². The van der Waals surface area contributed by atoms with Crippen molar-refractivity contribution in [3.63, 3.8) is 0 Å². The van der Waals surface area contributed by atoms with Crippen molar-refractivity contribution in [3.8, 4) is 0 Å². The first-order chi connectivity index (χ1) is 11.6. The van der Waals surface area contributed by atoms with E-state index in [1.807, 2.05) is 30.9 Å². The standard InChI is InChI=1S/C19H24ClNO3/c1-3-21(11-15-6-4-5-7-23-15)19(22)9-14-12-24-18-8-13(2)17(20)10-16(14)18/h8,10,12,15H,3-7,9,11H2,1-2H3. The molecule has 1 aromatic carbocycles. The first-order valence-corrected chi connectivity index (χ1v) is 9.02. The minimum absolute atomic E-state index is 0.103. The van der Waals surface area contributed by atoms with Crippen LogP contribution in [0.15, 0.2) is 22.8 Å². The van der Waals surface area contributed by atoms with Crippen molar-refractivity contribution >= 4 is 28.5 Å². The number of carbonyl (C=O) groups excluding carboxylic acids is 1. The topological polar surface area (TPSA) is 42.7 Å². The lowest BCUT2D eigenvalue weighted by Gasteiger charge is -2.29. The summed E-state index contributed by atoms with van der Waals surface area (Å²) in [4.78, 5) is 14.6. The normalized spacial score (nSPS) is 18.0. The van der Waals surface area contributed by atoms with E-state index in [9.17, 15) is 4.79 Å². The van der Waals surface area contributed by atoms with E-state index < -0.39 is 0 Å². The summed E-state index contributed by atoms with van der Waals surface area (Å²) in [5, 5.41) is 1.62. The maximum atomic E-state index is 12.7. The summed E-state index contributed by atoms with van der Waals surface area (Å²) in [6.45, 7) is 6.12. The van der Waals surface area contributed by atoms with E-state index >= 15 is 0 Å². The third kappa shape index (κ3) is 3.76. The largest absolute Gasteiger partial charge is 0.464 e. The van der Waals surface area contributed by atoms with E-state index in [2.05, 4.69) is 0 Å². The van der Waals surface area contributed by atoms with E-state index in [0.29, 0.717) is 24.5 Å². The van der Waals surface area contributed by atoms with Gasteiger partial charge in [-0.15, -0.1) is 0 Å². The summed E-state index contributed by atoms with van der Waals surface area (Å²) in [7, 11) is 0.